The van der Waals surface area contributed by atoms with E-state index in [1.807, 2.05) is 5.48 Å². The number of hydroxylamine groups is 1. The lowest BCUT2D eigenvalue weighted by Gasteiger charge is -2.26. The van der Waals surface area contributed by atoms with Gasteiger partial charge in [0.15, 0.2) is 0 Å². The maximum absolute atomic E-state index is 10.5. The van der Waals surface area contributed by atoms with Gasteiger partial charge in [-0.15, -0.1) is 0 Å². The van der Waals surface area contributed by atoms with Gasteiger partial charge in [0.2, 0.25) is 15.5 Å². The second-order valence-corrected chi connectivity index (χ2v) is 4.37. The highest BCUT2D eigenvalue weighted by Gasteiger charge is 2.54. The molecule has 64 valence electrons. The first-order valence-electron chi connectivity index (χ1n) is 2.61. The fourth-order valence-corrected chi connectivity index (χ4v) is 0.905. The van der Waals surface area contributed by atoms with Crippen molar-refractivity contribution in [1.82, 2.24) is 5.48 Å². The lowest BCUT2D eigenvalue weighted by molar-refractivity contribution is -0.197. The number of carbonyl (C=O) groups is 1. The van der Waals surface area contributed by atoms with E-state index >= 15 is 0 Å². The molecule has 0 bridgehead atoms. The second-order valence-electron chi connectivity index (χ2n) is 2.09. The number of nitrogens with one attached hydrogen (secondary N) is 1. The number of hydrogen-bond donors (Lipinski definition) is 2. The molecule has 1 rings (SSSR count). The number of hydrogen-bond acceptors (Lipinski definition) is 3. The lowest BCUT2D eigenvalue weighted by Crippen LogP contribution is -2.42. The van der Waals surface area contributed by atoms with Gasteiger partial charge >= 0.3 is 0 Å². The van der Waals surface area contributed by atoms with E-state index in [2.05, 4.69) is 4.84 Å². The Morgan fingerprint density at radius 3 is 2.36 bits per heavy atom. The minimum Gasteiger partial charge on any atom is -0.360 e. The summed E-state index contributed by atoms with van der Waals surface area (Å²) in [5.74, 6) is -2.59. The Bertz CT molecular complexity index is 192. The Morgan fingerprint density at radius 2 is 2.18 bits per heavy atom. The summed E-state index contributed by atoms with van der Waals surface area (Å²) < 4.78 is -2.04. The number of aliphatic hydroxyl groups is 1. The third-order valence-electron chi connectivity index (χ3n) is 1.18. The van der Waals surface area contributed by atoms with Gasteiger partial charge in [0.05, 0.1) is 6.42 Å². The third-order valence-corrected chi connectivity index (χ3v) is 2.06. The van der Waals surface area contributed by atoms with E-state index in [0.29, 0.717) is 0 Å². The van der Waals surface area contributed by atoms with Gasteiger partial charge in [0, 0.05) is 0 Å². The summed E-state index contributed by atoms with van der Waals surface area (Å²) in [6.45, 7) is 0. The standard InChI is InChI=1S/C4H4Cl3NO3/c5-4(6,7)3(10)1-2(9)8-11-3/h10H,1H2,(H,8,9). The van der Waals surface area contributed by atoms with Gasteiger partial charge in [-0.25, -0.2) is 10.3 Å². The molecule has 0 aromatic heterocycles. The first kappa shape index (κ1) is 9.35. The molecule has 1 unspecified atom stereocenters. The number of alkyl halides is 3. The first-order chi connectivity index (χ1) is 4.85. The Morgan fingerprint density at radius 1 is 1.64 bits per heavy atom. The normalized spacial score (nSPS) is 32.2. The van der Waals surface area contributed by atoms with E-state index in [0.717, 1.165) is 0 Å². The molecule has 0 aromatic carbocycles. The molecule has 0 radical (unpaired) electrons. The van der Waals surface area contributed by atoms with Crippen LogP contribution in [0, 0.1) is 0 Å². The molecule has 1 aliphatic heterocycles. The van der Waals surface area contributed by atoms with Gasteiger partial charge in [-0.05, 0) is 0 Å². The van der Waals surface area contributed by atoms with Gasteiger partial charge in [0.1, 0.15) is 0 Å². The van der Waals surface area contributed by atoms with Crippen molar-refractivity contribution in [3.05, 3.63) is 0 Å². The van der Waals surface area contributed by atoms with Crippen LogP contribution in [-0.4, -0.2) is 20.6 Å². The predicted molar refractivity (Wildman–Crippen MR) is 39.1 cm³/mol. The summed E-state index contributed by atoms with van der Waals surface area (Å²) in [5, 5.41) is 9.30. The lowest BCUT2D eigenvalue weighted by atomic mass is 10.2. The van der Waals surface area contributed by atoms with Crippen LogP contribution in [0.1, 0.15) is 6.42 Å². The molecule has 1 saturated heterocycles. The monoisotopic (exact) mass is 219 g/mol. The zero-order valence-corrected chi connectivity index (χ0v) is 7.37. The van der Waals surface area contributed by atoms with Crippen molar-refractivity contribution in [3.63, 3.8) is 0 Å². The molecule has 1 fully saturated rings. The molecule has 1 atom stereocenters. The van der Waals surface area contributed by atoms with Crippen molar-refractivity contribution in [2.24, 2.45) is 0 Å². The van der Waals surface area contributed by atoms with Gasteiger partial charge in [-0.3, -0.25) is 4.79 Å². The van der Waals surface area contributed by atoms with Gasteiger partial charge in [-0.1, -0.05) is 34.8 Å². The van der Waals surface area contributed by atoms with Gasteiger partial charge in [-0.2, -0.15) is 0 Å². The smallest absolute Gasteiger partial charge is 0.249 e. The zero-order chi connectivity index (χ0) is 8.70. The largest absolute Gasteiger partial charge is 0.360 e. The Kier molecular flexibility index (Phi) is 2.24. The average Bonchev–Trinajstić information content (AvgIpc) is 2.10. The van der Waals surface area contributed by atoms with E-state index in [1.165, 1.54) is 0 Å². The predicted octanol–water partition coefficient (Wildman–Crippen LogP) is 0.497. The van der Waals surface area contributed by atoms with Crippen LogP contribution in [0.3, 0.4) is 0 Å². The molecule has 0 aromatic rings. The van der Waals surface area contributed by atoms with Crippen molar-refractivity contribution in [3.8, 4) is 0 Å². The van der Waals surface area contributed by atoms with E-state index < -0.39 is 15.5 Å². The molecule has 1 amide bonds. The van der Waals surface area contributed by atoms with Crippen LogP contribution in [0.4, 0.5) is 0 Å². The molecule has 7 heteroatoms. The molecule has 0 saturated carbocycles. The maximum Gasteiger partial charge on any atom is 0.249 e. The molecular formula is C4H4Cl3NO3. The fraction of sp³-hybridized carbons (Fsp3) is 0.750. The van der Waals surface area contributed by atoms with Crippen molar-refractivity contribution in [2.45, 2.75) is 16.0 Å². The second kappa shape index (κ2) is 2.64. The first-order valence-corrected chi connectivity index (χ1v) is 3.74. The van der Waals surface area contributed by atoms with Crippen LogP contribution in [0.15, 0.2) is 0 Å². The molecular weight excluding hydrogens is 216 g/mol. The van der Waals surface area contributed by atoms with E-state index in [1.54, 1.807) is 0 Å². The number of halogens is 3. The van der Waals surface area contributed by atoms with Crippen LogP contribution in [0.2, 0.25) is 0 Å². The molecule has 0 spiro atoms. The Hall–Kier alpha value is 0.260. The zero-order valence-electron chi connectivity index (χ0n) is 5.10. The SMILES string of the molecule is O=C1CC(O)(C(Cl)(Cl)Cl)ON1. The average molecular weight is 220 g/mol. The fourth-order valence-electron chi connectivity index (χ4n) is 0.589. The third kappa shape index (κ3) is 1.71. The number of carbonyl (C=O) groups excluding carboxylic acids is 1. The van der Waals surface area contributed by atoms with Crippen molar-refractivity contribution < 1.29 is 14.7 Å². The Labute approximate surface area is 77.3 Å². The summed E-state index contributed by atoms with van der Waals surface area (Å²) in [6.07, 6.45) is -0.385. The van der Waals surface area contributed by atoms with Gasteiger partial charge < -0.3 is 5.11 Å². The van der Waals surface area contributed by atoms with Crippen LogP contribution < -0.4 is 5.48 Å². The van der Waals surface area contributed by atoms with E-state index in [-0.39, 0.29) is 6.42 Å². The molecule has 1 aliphatic rings. The maximum atomic E-state index is 10.5. The molecule has 11 heavy (non-hydrogen) atoms. The summed E-state index contributed by atoms with van der Waals surface area (Å²) in [7, 11) is 0. The topological polar surface area (TPSA) is 58.6 Å². The van der Waals surface area contributed by atoms with Gasteiger partial charge in [0.25, 0.3) is 0 Å². The Balaban J connectivity index is 2.77. The molecule has 1 heterocycles. The quantitative estimate of drug-likeness (QED) is 0.584. The van der Waals surface area contributed by atoms with Crippen molar-refractivity contribution in [1.29, 1.82) is 0 Å². The van der Waals surface area contributed by atoms with Crippen molar-refractivity contribution >= 4 is 40.7 Å². The van der Waals surface area contributed by atoms with E-state index in [9.17, 15) is 9.90 Å². The highest BCUT2D eigenvalue weighted by Crippen LogP contribution is 2.42. The van der Waals surface area contributed by atoms with Crippen LogP contribution in [-0.2, 0) is 9.63 Å². The minimum atomic E-state index is -2.06. The highest BCUT2D eigenvalue weighted by molar-refractivity contribution is 6.68. The van der Waals surface area contributed by atoms with Crippen LogP contribution >= 0.6 is 34.8 Å². The van der Waals surface area contributed by atoms with Crippen molar-refractivity contribution in [2.75, 3.05) is 0 Å². The molecule has 2 N–H and O–H groups in total. The summed E-state index contributed by atoms with van der Waals surface area (Å²) in [5.41, 5.74) is 1.87. The number of rotatable bonds is 0. The summed E-state index contributed by atoms with van der Waals surface area (Å²) in [4.78, 5) is 14.9. The highest BCUT2D eigenvalue weighted by atomic mass is 35.6. The molecule has 4 nitrogen and oxygen atoms in total. The molecule has 0 aliphatic carbocycles. The van der Waals surface area contributed by atoms with Crippen LogP contribution in [0.25, 0.3) is 0 Å². The number of amides is 1. The summed E-state index contributed by atoms with van der Waals surface area (Å²) in [6, 6.07) is 0. The minimum absolute atomic E-state index is 0.385. The van der Waals surface area contributed by atoms with E-state index in [4.69, 9.17) is 34.8 Å². The summed E-state index contributed by atoms with van der Waals surface area (Å²) >= 11 is 15.9. The van der Waals surface area contributed by atoms with Crippen LogP contribution in [0.5, 0.6) is 0 Å².